The number of pyridine rings is 1. The molecule has 0 amide bonds. The summed E-state index contributed by atoms with van der Waals surface area (Å²) < 4.78 is 0. The maximum atomic E-state index is 5.60. The fourth-order valence-electron chi connectivity index (χ4n) is 2.18. The van der Waals surface area contributed by atoms with Crippen molar-refractivity contribution in [2.45, 2.75) is 18.9 Å². The van der Waals surface area contributed by atoms with E-state index in [-0.39, 0.29) is 5.60 Å². The predicted octanol–water partition coefficient (Wildman–Crippen LogP) is 0.892. The molecule has 0 bridgehead atoms. The highest BCUT2D eigenvalue weighted by molar-refractivity contribution is 5.39. The molecule has 0 aromatic carbocycles. The highest BCUT2D eigenvalue weighted by Crippen LogP contribution is 2.26. The van der Waals surface area contributed by atoms with Crippen molar-refractivity contribution >= 4 is 0 Å². The Morgan fingerprint density at radius 3 is 3.11 bits per heavy atom. The van der Waals surface area contributed by atoms with Crippen LogP contribution in [0.25, 0.3) is 0 Å². The van der Waals surface area contributed by atoms with E-state index in [2.05, 4.69) is 33.7 Å². The van der Waals surface area contributed by atoms with Crippen molar-refractivity contribution in [1.82, 2.24) is 15.8 Å². The van der Waals surface area contributed by atoms with Gasteiger partial charge in [-0.1, -0.05) is 6.07 Å². The fourth-order valence-corrected chi connectivity index (χ4v) is 2.18. The molecule has 2 aliphatic heterocycles. The van der Waals surface area contributed by atoms with Crippen LogP contribution in [0.1, 0.15) is 17.8 Å². The van der Waals surface area contributed by atoms with Crippen LogP contribution >= 0.6 is 0 Å². The van der Waals surface area contributed by atoms with Crippen LogP contribution < -0.4 is 10.8 Å². The number of rotatable bonds is 0. The van der Waals surface area contributed by atoms with Gasteiger partial charge in [0.05, 0.1) is 0 Å². The maximum absolute atomic E-state index is 5.60. The molecule has 4 nitrogen and oxygen atoms in total. The lowest BCUT2D eigenvalue weighted by atomic mass is 10.0. The van der Waals surface area contributed by atoms with Gasteiger partial charge in [0.15, 0.2) is 0 Å². The summed E-state index contributed by atoms with van der Waals surface area (Å²) in [5.74, 6) is 6.10. The molecule has 3 rings (SSSR count). The Morgan fingerprint density at radius 1 is 1.39 bits per heavy atom. The molecule has 2 N–H and O–H groups in total. The summed E-state index contributed by atoms with van der Waals surface area (Å²) in [6.07, 6.45) is 3.05. The molecule has 1 unspecified atom stereocenters. The standard InChI is InChI=1S/C14H15N3O/c1-11-3-2-4-12(16-11)5-6-13-9-14(18-17-13)7-8-15-10-14/h2-4,9,15,17H,7-8,10H2,1H3. The lowest BCUT2D eigenvalue weighted by Crippen LogP contribution is -2.31. The minimum atomic E-state index is -0.204. The number of aromatic nitrogens is 1. The van der Waals surface area contributed by atoms with E-state index < -0.39 is 0 Å². The van der Waals surface area contributed by atoms with Gasteiger partial charge in [-0.25, -0.2) is 4.98 Å². The molecule has 1 aromatic heterocycles. The first-order valence-electron chi connectivity index (χ1n) is 6.09. The molecule has 92 valence electrons. The zero-order valence-electron chi connectivity index (χ0n) is 10.3. The number of allylic oxidation sites excluding steroid dienone is 1. The fraction of sp³-hybridized carbons (Fsp3) is 0.357. The molecule has 1 spiro atoms. The molecule has 1 fully saturated rings. The van der Waals surface area contributed by atoms with Crippen LogP contribution in [0.15, 0.2) is 30.0 Å². The van der Waals surface area contributed by atoms with E-state index in [1.807, 2.05) is 25.1 Å². The molecule has 0 radical (unpaired) electrons. The van der Waals surface area contributed by atoms with E-state index in [9.17, 15) is 0 Å². The van der Waals surface area contributed by atoms with Gasteiger partial charge in [-0.15, -0.1) is 0 Å². The van der Waals surface area contributed by atoms with Crippen molar-refractivity contribution in [3.05, 3.63) is 41.4 Å². The summed E-state index contributed by atoms with van der Waals surface area (Å²) in [7, 11) is 0. The average Bonchev–Trinajstić information content (AvgIpc) is 2.98. The quantitative estimate of drug-likeness (QED) is 0.662. The minimum absolute atomic E-state index is 0.204. The highest BCUT2D eigenvalue weighted by Gasteiger charge is 2.37. The van der Waals surface area contributed by atoms with Crippen LogP contribution in [0.5, 0.6) is 0 Å². The van der Waals surface area contributed by atoms with E-state index in [1.54, 1.807) is 0 Å². The predicted molar refractivity (Wildman–Crippen MR) is 68.4 cm³/mol. The Balaban J connectivity index is 1.78. The normalized spacial score (nSPS) is 25.5. The zero-order valence-corrected chi connectivity index (χ0v) is 10.3. The maximum Gasteiger partial charge on any atom is 0.131 e. The summed E-state index contributed by atoms with van der Waals surface area (Å²) >= 11 is 0. The van der Waals surface area contributed by atoms with E-state index >= 15 is 0 Å². The van der Waals surface area contributed by atoms with E-state index in [4.69, 9.17) is 4.84 Å². The molecule has 3 heterocycles. The van der Waals surface area contributed by atoms with Gasteiger partial charge in [-0.05, 0) is 49.9 Å². The smallest absolute Gasteiger partial charge is 0.131 e. The summed E-state index contributed by atoms with van der Waals surface area (Å²) in [4.78, 5) is 9.94. The number of nitrogens with zero attached hydrogens (tertiary/aromatic N) is 1. The topological polar surface area (TPSA) is 46.2 Å². The molecule has 1 aromatic rings. The van der Waals surface area contributed by atoms with Crippen molar-refractivity contribution in [2.24, 2.45) is 0 Å². The van der Waals surface area contributed by atoms with Crippen LogP contribution in [0.2, 0.25) is 0 Å². The summed E-state index contributed by atoms with van der Waals surface area (Å²) in [6.45, 7) is 3.78. The van der Waals surface area contributed by atoms with Crippen molar-refractivity contribution < 1.29 is 4.84 Å². The number of hydrogen-bond donors (Lipinski definition) is 2. The lowest BCUT2D eigenvalue weighted by Gasteiger charge is -2.16. The van der Waals surface area contributed by atoms with Crippen LogP contribution in [-0.2, 0) is 4.84 Å². The molecule has 1 saturated heterocycles. The monoisotopic (exact) mass is 241 g/mol. The first-order valence-corrected chi connectivity index (χ1v) is 6.09. The van der Waals surface area contributed by atoms with Gasteiger partial charge in [0.1, 0.15) is 17.0 Å². The molecular formula is C14H15N3O. The van der Waals surface area contributed by atoms with Crippen LogP contribution in [0, 0.1) is 18.8 Å². The molecule has 1 atom stereocenters. The Bertz CT molecular complexity index is 548. The third-order valence-electron chi connectivity index (χ3n) is 3.13. The molecule has 18 heavy (non-hydrogen) atoms. The summed E-state index contributed by atoms with van der Waals surface area (Å²) in [6, 6.07) is 5.82. The van der Waals surface area contributed by atoms with Crippen molar-refractivity contribution in [3.63, 3.8) is 0 Å². The summed E-state index contributed by atoms with van der Waals surface area (Å²) in [5, 5.41) is 3.29. The van der Waals surface area contributed by atoms with Gasteiger partial charge >= 0.3 is 0 Å². The molecule has 0 saturated carbocycles. The van der Waals surface area contributed by atoms with Crippen LogP contribution in [-0.4, -0.2) is 23.7 Å². The highest BCUT2D eigenvalue weighted by atomic mass is 16.7. The van der Waals surface area contributed by atoms with Gasteiger partial charge in [0, 0.05) is 12.2 Å². The van der Waals surface area contributed by atoms with Gasteiger partial charge in [-0.3, -0.25) is 10.3 Å². The Hall–Kier alpha value is -1.83. The SMILES string of the molecule is Cc1cccc(C#CC2=CC3(CCNC3)ON2)n1. The Kier molecular flexibility index (Phi) is 2.78. The third-order valence-corrected chi connectivity index (χ3v) is 3.13. The Labute approximate surface area is 106 Å². The third kappa shape index (κ3) is 2.23. The van der Waals surface area contributed by atoms with Gasteiger partial charge < -0.3 is 5.32 Å². The van der Waals surface area contributed by atoms with Gasteiger partial charge in [0.2, 0.25) is 0 Å². The molecule has 2 aliphatic rings. The molecular weight excluding hydrogens is 226 g/mol. The van der Waals surface area contributed by atoms with Crippen molar-refractivity contribution in [1.29, 1.82) is 0 Å². The second-order valence-corrected chi connectivity index (χ2v) is 4.67. The van der Waals surface area contributed by atoms with Crippen LogP contribution in [0.3, 0.4) is 0 Å². The second-order valence-electron chi connectivity index (χ2n) is 4.67. The van der Waals surface area contributed by atoms with Gasteiger partial charge in [-0.2, -0.15) is 0 Å². The first kappa shape index (κ1) is 11.3. The van der Waals surface area contributed by atoms with Gasteiger partial charge in [0.25, 0.3) is 0 Å². The largest absolute Gasteiger partial charge is 0.313 e. The number of hydroxylamine groups is 1. The Morgan fingerprint density at radius 2 is 2.33 bits per heavy atom. The van der Waals surface area contributed by atoms with Crippen molar-refractivity contribution in [3.8, 4) is 11.8 Å². The first-order chi connectivity index (χ1) is 8.76. The second kappa shape index (κ2) is 4.45. The van der Waals surface area contributed by atoms with E-state index in [1.165, 1.54) is 0 Å². The van der Waals surface area contributed by atoms with Crippen molar-refractivity contribution in [2.75, 3.05) is 13.1 Å². The number of aryl methyl sites for hydroxylation is 1. The van der Waals surface area contributed by atoms with E-state index in [0.29, 0.717) is 0 Å². The number of nitrogens with one attached hydrogen (secondary N) is 2. The summed E-state index contributed by atoms with van der Waals surface area (Å²) in [5.41, 5.74) is 5.27. The van der Waals surface area contributed by atoms with E-state index in [0.717, 1.165) is 36.6 Å². The molecule has 0 aliphatic carbocycles. The zero-order chi connectivity index (χ0) is 12.4. The molecule has 4 heteroatoms. The lowest BCUT2D eigenvalue weighted by molar-refractivity contribution is -0.0250. The minimum Gasteiger partial charge on any atom is -0.313 e. The van der Waals surface area contributed by atoms with Crippen LogP contribution in [0.4, 0.5) is 0 Å². The average molecular weight is 241 g/mol. The number of hydrogen-bond acceptors (Lipinski definition) is 4.